The van der Waals surface area contributed by atoms with Crippen LogP contribution in [0.15, 0.2) is 30.3 Å². The minimum atomic E-state index is -0.661. The van der Waals surface area contributed by atoms with Gasteiger partial charge >= 0.3 is 0 Å². The molecule has 1 fully saturated rings. The summed E-state index contributed by atoms with van der Waals surface area (Å²) in [6, 6.07) is 10.0. The second-order valence-electron chi connectivity index (χ2n) is 6.37. The molecule has 0 bridgehead atoms. The average molecular weight is 333 g/mol. The molecule has 3 unspecified atom stereocenters. The predicted octanol–water partition coefficient (Wildman–Crippen LogP) is 3.25. The Balaban J connectivity index is 1.57. The van der Waals surface area contributed by atoms with E-state index in [1.54, 1.807) is 11.3 Å². The van der Waals surface area contributed by atoms with E-state index < -0.39 is 6.10 Å². The summed E-state index contributed by atoms with van der Waals surface area (Å²) in [5, 5.41) is 14.4. The van der Waals surface area contributed by atoms with Gasteiger partial charge < -0.3 is 15.2 Å². The molecule has 2 heterocycles. The molecule has 3 atom stereocenters. The first-order valence-electron chi connectivity index (χ1n) is 8.12. The number of rotatable bonds is 4. The van der Waals surface area contributed by atoms with Crippen LogP contribution in [0.1, 0.15) is 37.7 Å². The molecule has 1 aliphatic heterocycles. The van der Waals surface area contributed by atoms with Crippen molar-refractivity contribution in [2.75, 3.05) is 6.54 Å². The lowest BCUT2D eigenvalue weighted by Gasteiger charge is -2.31. The lowest BCUT2D eigenvalue weighted by Crippen LogP contribution is -2.40. The molecule has 1 amide bonds. The minimum Gasteiger partial charge on any atom is -0.386 e. The van der Waals surface area contributed by atoms with Gasteiger partial charge in [-0.15, -0.1) is 11.3 Å². The van der Waals surface area contributed by atoms with Gasteiger partial charge in [-0.2, -0.15) is 0 Å². The van der Waals surface area contributed by atoms with Crippen molar-refractivity contribution >= 4 is 27.3 Å². The van der Waals surface area contributed by atoms with Crippen molar-refractivity contribution in [1.29, 1.82) is 0 Å². The van der Waals surface area contributed by atoms with Crippen molar-refractivity contribution in [3.8, 4) is 0 Å². The Hall–Kier alpha value is -1.43. The van der Waals surface area contributed by atoms with Crippen molar-refractivity contribution in [3.05, 3.63) is 35.2 Å². The quantitative estimate of drug-likeness (QED) is 0.903. The van der Waals surface area contributed by atoms with Crippen LogP contribution in [0.3, 0.4) is 0 Å². The zero-order valence-corrected chi connectivity index (χ0v) is 14.3. The van der Waals surface area contributed by atoms with E-state index in [1.165, 1.54) is 0 Å². The molecule has 124 valence electrons. The molecular formula is C18H23NO3S. The van der Waals surface area contributed by atoms with E-state index in [0.717, 1.165) is 27.8 Å². The van der Waals surface area contributed by atoms with Gasteiger partial charge in [0.05, 0.1) is 12.2 Å². The number of hydrogen-bond acceptors (Lipinski definition) is 4. The van der Waals surface area contributed by atoms with Gasteiger partial charge in [-0.3, -0.25) is 4.79 Å². The third kappa shape index (κ3) is 3.91. The van der Waals surface area contributed by atoms with Gasteiger partial charge in [-0.1, -0.05) is 18.2 Å². The Bertz CT molecular complexity index is 641. The van der Waals surface area contributed by atoms with Gasteiger partial charge in [0.1, 0.15) is 6.10 Å². The number of ether oxygens (including phenoxy) is 1. The third-order valence-electron chi connectivity index (χ3n) is 4.31. The van der Waals surface area contributed by atoms with Crippen LogP contribution in [0.4, 0.5) is 0 Å². The fourth-order valence-electron chi connectivity index (χ4n) is 3.23. The lowest BCUT2D eigenvalue weighted by atomic mass is 9.92. The van der Waals surface area contributed by atoms with E-state index in [9.17, 15) is 9.90 Å². The van der Waals surface area contributed by atoms with Gasteiger partial charge in [0.25, 0.3) is 0 Å². The Kier molecular flexibility index (Phi) is 4.99. The van der Waals surface area contributed by atoms with Gasteiger partial charge in [-0.25, -0.2) is 0 Å². The summed E-state index contributed by atoms with van der Waals surface area (Å²) in [6.45, 7) is 4.26. The molecule has 0 radical (unpaired) electrons. The van der Waals surface area contributed by atoms with E-state index in [0.29, 0.717) is 0 Å². The molecule has 1 aliphatic rings. The molecule has 2 N–H and O–H groups in total. The van der Waals surface area contributed by atoms with Crippen LogP contribution in [0.5, 0.6) is 0 Å². The number of aliphatic hydroxyl groups is 1. The van der Waals surface area contributed by atoms with Crippen LogP contribution in [0.2, 0.25) is 0 Å². The number of hydrogen-bond donors (Lipinski definition) is 2. The van der Waals surface area contributed by atoms with Crippen molar-refractivity contribution in [2.45, 2.75) is 45.0 Å². The average Bonchev–Trinajstić information content (AvgIpc) is 2.95. The van der Waals surface area contributed by atoms with Crippen LogP contribution < -0.4 is 5.32 Å². The fraction of sp³-hybridized carbons (Fsp3) is 0.500. The van der Waals surface area contributed by atoms with Crippen LogP contribution >= 0.6 is 11.3 Å². The Morgan fingerprint density at radius 2 is 2.04 bits per heavy atom. The van der Waals surface area contributed by atoms with Crippen LogP contribution in [0, 0.1) is 5.92 Å². The highest BCUT2D eigenvalue weighted by Crippen LogP contribution is 2.30. The number of carbonyl (C=O) groups excluding carboxylic acids is 1. The Labute approximate surface area is 140 Å². The number of carbonyl (C=O) groups is 1. The van der Waals surface area contributed by atoms with Gasteiger partial charge in [0.15, 0.2) is 0 Å². The first-order valence-corrected chi connectivity index (χ1v) is 8.94. The van der Waals surface area contributed by atoms with Crippen molar-refractivity contribution in [3.63, 3.8) is 0 Å². The van der Waals surface area contributed by atoms with Crippen LogP contribution in [0.25, 0.3) is 10.1 Å². The molecule has 23 heavy (non-hydrogen) atoms. The maximum absolute atomic E-state index is 12.3. The summed E-state index contributed by atoms with van der Waals surface area (Å²) in [5.74, 6) is -0.00415. The lowest BCUT2D eigenvalue weighted by molar-refractivity contribution is -0.133. The van der Waals surface area contributed by atoms with E-state index in [1.807, 2.05) is 44.2 Å². The molecule has 3 rings (SSSR count). The van der Waals surface area contributed by atoms with Crippen molar-refractivity contribution in [2.24, 2.45) is 5.92 Å². The number of benzene rings is 1. The smallest absolute Gasteiger partial charge is 0.223 e. The second kappa shape index (κ2) is 6.99. The second-order valence-corrected chi connectivity index (χ2v) is 7.49. The number of nitrogens with one attached hydrogen (secondary N) is 1. The monoisotopic (exact) mass is 333 g/mol. The molecule has 5 heteroatoms. The first kappa shape index (κ1) is 16.4. The maximum atomic E-state index is 12.3. The molecule has 0 aliphatic carbocycles. The highest BCUT2D eigenvalue weighted by molar-refractivity contribution is 7.19. The largest absolute Gasteiger partial charge is 0.386 e. The number of amides is 1. The molecular weight excluding hydrogens is 310 g/mol. The van der Waals surface area contributed by atoms with Crippen LogP contribution in [-0.4, -0.2) is 29.8 Å². The Morgan fingerprint density at radius 1 is 1.35 bits per heavy atom. The summed E-state index contributed by atoms with van der Waals surface area (Å²) >= 11 is 1.57. The first-order chi connectivity index (χ1) is 11.0. The SMILES string of the molecule is CC1CC(C(=O)NCC(O)c2cc3ccccc3s2)CC(C)O1. The van der Waals surface area contributed by atoms with E-state index in [2.05, 4.69) is 5.32 Å². The van der Waals surface area contributed by atoms with E-state index in [-0.39, 0.29) is 30.6 Å². The molecule has 0 saturated carbocycles. The summed E-state index contributed by atoms with van der Waals surface area (Å²) in [5.41, 5.74) is 0. The van der Waals surface area contributed by atoms with Crippen molar-refractivity contribution in [1.82, 2.24) is 5.32 Å². The summed E-state index contributed by atoms with van der Waals surface area (Å²) in [4.78, 5) is 13.2. The maximum Gasteiger partial charge on any atom is 0.223 e. The topological polar surface area (TPSA) is 58.6 Å². The van der Waals surface area contributed by atoms with E-state index >= 15 is 0 Å². The molecule has 1 aromatic carbocycles. The molecule has 1 saturated heterocycles. The third-order valence-corrected chi connectivity index (χ3v) is 5.53. The zero-order valence-electron chi connectivity index (χ0n) is 13.5. The van der Waals surface area contributed by atoms with Gasteiger partial charge in [-0.05, 0) is 44.2 Å². The Morgan fingerprint density at radius 3 is 2.74 bits per heavy atom. The number of fused-ring (bicyclic) bond motifs is 1. The predicted molar refractivity (Wildman–Crippen MR) is 92.5 cm³/mol. The molecule has 1 aromatic heterocycles. The summed E-state index contributed by atoms with van der Waals surface area (Å²) in [6.07, 6.45) is 1.06. The number of thiophene rings is 1. The molecule has 4 nitrogen and oxygen atoms in total. The summed E-state index contributed by atoms with van der Waals surface area (Å²) < 4.78 is 6.82. The standard InChI is InChI=1S/C18H23NO3S/c1-11-7-14(8-12(2)22-11)18(21)19-10-15(20)17-9-13-5-3-4-6-16(13)23-17/h3-6,9,11-12,14-15,20H,7-8,10H2,1-2H3,(H,19,21). The highest BCUT2D eigenvalue weighted by atomic mass is 32.1. The summed E-state index contributed by atoms with van der Waals surface area (Å²) in [7, 11) is 0. The van der Waals surface area contributed by atoms with Crippen molar-refractivity contribution < 1.29 is 14.6 Å². The zero-order chi connectivity index (χ0) is 16.4. The van der Waals surface area contributed by atoms with Crippen LogP contribution in [-0.2, 0) is 9.53 Å². The van der Waals surface area contributed by atoms with E-state index in [4.69, 9.17) is 4.74 Å². The van der Waals surface area contributed by atoms with Gasteiger partial charge in [0, 0.05) is 22.0 Å². The molecule has 0 spiro atoms. The fourth-order valence-corrected chi connectivity index (χ4v) is 4.28. The molecule has 2 aromatic rings. The van der Waals surface area contributed by atoms with Gasteiger partial charge in [0.2, 0.25) is 5.91 Å². The highest BCUT2D eigenvalue weighted by Gasteiger charge is 2.29. The minimum absolute atomic E-state index is 0.0205. The normalized spacial score (nSPS) is 26.1. The number of aliphatic hydroxyl groups excluding tert-OH is 1.